The zero-order valence-electron chi connectivity index (χ0n) is 10.2. The molecule has 0 amide bonds. The number of benzene rings is 1. The van der Waals surface area contributed by atoms with Gasteiger partial charge in [-0.25, -0.2) is 4.39 Å². The average molecular weight is 238 g/mol. The van der Waals surface area contributed by atoms with Crippen LogP contribution in [0.3, 0.4) is 0 Å². The van der Waals surface area contributed by atoms with Crippen molar-refractivity contribution in [1.82, 2.24) is 10.2 Å². The van der Waals surface area contributed by atoms with Gasteiger partial charge in [-0.05, 0) is 37.7 Å². The SMILES string of the molecule is COc1ccc(F)cc1CN1CCCNCC1. The predicted molar refractivity (Wildman–Crippen MR) is 65.7 cm³/mol. The molecule has 1 aliphatic rings. The van der Waals surface area contributed by atoms with Crippen LogP contribution in [0.4, 0.5) is 4.39 Å². The predicted octanol–water partition coefficient (Wildman–Crippen LogP) is 1.63. The second-order valence-corrected chi connectivity index (χ2v) is 4.34. The molecule has 1 aromatic carbocycles. The largest absolute Gasteiger partial charge is 0.496 e. The fraction of sp³-hybridized carbons (Fsp3) is 0.538. The molecule has 1 heterocycles. The summed E-state index contributed by atoms with van der Waals surface area (Å²) in [5.41, 5.74) is 0.925. The van der Waals surface area contributed by atoms with E-state index in [9.17, 15) is 4.39 Å². The molecule has 0 aliphatic carbocycles. The van der Waals surface area contributed by atoms with Gasteiger partial charge in [0.1, 0.15) is 11.6 Å². The van der Waals surface area contributed by atoms with Crippen LogP contribution in [-0.2, 0) is 6.54 Å². The molecule has 2 rings (SSSR count). The van der Waals surface area contributed by atoms with E-state index in [-0.39, 0.29) is 5.82 Å². The molecule has 4 heteroatoms. The summed E-state index contributed by atoms with van der Waals surface area (Å²) < 4.78 is 18.5. The van der Waals surface area contributed by atoms with Crippen LogP contribution < -0.4 is 10.1 Å². The molecule has 0 atom stereocenters. The molecular formula is C13H19FN2O. The van der Waals surface area contributed by atoms with E-state index in [1.54, 1.807) is 19.2 Å². The van der Waals surface area contributed by atoms with Gasteiger partial charge in [0.05, 0.1) is 7.11 Å². The van der Waals surface area contributed by atoms with Gasteiger partial charge in [-0.3, -0.25) is 4.90 Å². The maximum Gasteiger partial charge on any atom is 0.123 e. The van der Waals surface area contributed by atoms with Gasteiger partial charge in [0.15, 0.2) is 0 Å². The highest BCUT2D eigenvalue weighted by atomic mass is 19.1. The van der Waals surface area contributed by atoms with Gasteiger partial charge in [0.2, 0.25) is 0 Å². The minimum absolute atomic E-state index is 0.200. The first kappa shape index (κ1) is 12.3. The Morgan fingerprint density at radius 1 is 1.35 bits per heavy atom. The molecule has 1 saturated heterocycles. The van der Waals surface area contributed by atoms with Crippen molar-refractivity contribution in [2.24, 2.45) is 0 Å². The van der Waals surface area contributed by atoms with Gasteiger partial charge in [0.25, 0.3) is 0 Å². The second kappa shape index (κ2) is 5.98. The van der Waals surface area contributed by atoms with E-state index >= 15 is 0 Å². The van der Waals surface area contributed by atoms with Crippen LogP contribution in [0.25, 0.3) is 0 Å². The van der Waals surface area contributed by atoms with Gasteiger partial charge in [0, 0.05) is 25.2 Å². The lowest BCUT2D eigenvalue weighted by molar-refractivity contribution is 0.278. The highest BCUT2D eigenvalue weighted by molar-refractivity contribution is 5.33. The number of ether oxygens (including phenoxy) is 1. The van der Waals surface area contributed by atoms with Gasteiger partial charge in [-0.1, -0.05) is 0 Å². The molecule has 0 unspecified atom stereocenters. The number of halogens is 1. The molecule has 1 aliphatic heterocycles. The maximum absolute atomic E-state index is 13.2. The van der Waals surface area contributed by atoms with Gasteiger partial charge in [-0.2, -0.15) is 0 Å². The number of hydrogen-bond acceptors (Lipinski definition) is 3. The molecule has 3 nitrogen and oxygen atoms in total. The third-order valence-corrected chi connectivity index (χ3v) is 3.07. The zero-order chi connectivity index (χ0) is 12.1. The summed E-state index contributed by atoms with van der Waals surface area (Å²) in [6.45, 7) is 4.86. The number of nitrogens with zero attached hydrogens (tertiary/aromatic N) is 1. The monoisotopic (exact) mass is 238 g/mol. The Morgan fingerprint density at radius 2 is 2.24 bits per heavy atom. The molecular weight excluding hydrogens is 219 g/mol. The Labute approximate surface area is 102 Å². The summed E-state index contributed by atoms with van der Waals surface area (Å²) in [4.78, 5) is 2.33. The van der Waals surface area contributed by atoms with Crippen LogP contribution in [0.15, 0.2) is 18.2 Å². The fourth-order valence-electron chi connectivity index (χ4n) is 2.17. The highest BCUT2D eigenvalue weighted by Gasteiger charge is 2.12. The van der Waals surface area contributed by atoms with Crippen molar-refractivity contribution >= 4 is 0 Å². The molecule has 0 bridgehead atoms. The lowest BCUT2D eigenvalue weighted by Gasteiger charge is -2.20. The van der Waals surface area contributed by atoms with E-state index in [4.69, 9.17) is 4.74 Å². The van der Waals surface area contributed by atoms with E-state index in [0.717, 1.165) is 50.5 Å². The zero-order valence-corrected chi connectivity index (χ0v) is 10.2. The van der Waals surface area contributed by atoms with Crippen molar-refractivity contribution < 1.29 is 9.13 Å². The van der Waals surface area contributed by atoms with E-state index < -0.39 is 0 Å². The van der Waals surface area contributed by atoms with Crippen LogP contribution in [0.2, 0.25) is 0 Å². The van der Waals surface area contributed by atoms with Crippen molar-refractivity contribution in [2.75, 3.05) is 33.3 Å². The van der Waals surface area contributed by atoms with Crippen LogP contribution in [0.5, 0.6) is 5.75 Å². The van der Waals surface area contributed by atoms with Crippen molar-refractivity contribution in [3.63, 3.8) is 0 Å². The van der Waals surface area contributed by atoms with Crippen LogP contribution >= 0.6 is 0 Å². The topological polar surface area (TPSA) is 24.5 Å². The normalized spacial score (nSPS) is 17.8. The fourth-order valence-corrected chi connectivity index (χ4v) is 2.17. The molecule has 1 aromatic rings. The first-order valence-electron chi connectivity index (χ1n) is 6.05. The standard InChI is InChI=1S/C13H19FN2O/c1-17-13-4-3-12(14)9-11(13)10-16-7-2-5-15-6-8-16/h3-4,9,15H,2,5-8,10H2,1H3. The summed E-state index contributed by atoms with van der Waals surface area (Å²) in [5.74, 6) is 0.567. The second-order valence-electron chi connectivity index (χ2n) is 4.34. The summed E-state index contributed by atoms with van der Waals surface area (Å²) in [5, 5.41) is 3.36. The van der Waals surface area contributed by atoms with Crippen LogP contribution in [0.1, 0.15) is 12.0 Å². The average Bonchev–Trinajstić information content (AvgIpc) is 2.58. The molecule has 94 valence electrons. The van der Waals surface area contributed by atoms with Gasteiger partial charge in [-0.15, -0.1) is 0 Å². The molecule has 0 aromatic heterocycles. The highest BCUT2D eigenvalue weighted by Crippen LogP contribution is 2.21. The Bertz CT molecular complexity index is 362. The van der Waals surface area contributed by atoms with Crippen LogP contribution in [0, 0.1) is 5.82 Å². The van der Waals surface area contributed by atoms with Crippen molar-refractivity contribution in [2.45, 2.75) is 13.0 Å². The van der Waals surface area contributed by atoms with Crippen molar-refractivity contribution in [1.29, 1.82) is 0 Å². The molecule has 1 fully saturated rings. The summed E-state index contributed by atoms with van der Waals surface area (Å²) in [7, 11) is 1.63. The summed E-state index contributed by atoms with van der Waals surface area (Å²) in [6.07, 6.45) is 1.14. The smallest absolute Gasteiger partial charge is 0.123 e. The quantitative estimate of drug-likeness (QED) is 0.866. The molecule has 0 radical (unpaired) electrons. The maximum atomic E-state index is 13.2. The molecule has 17 heavy (non-hydrogen) atoms. The summed E-state index contributed by atoms with van der Waals surface area (Å²) >= 11 is 0. The number of rotatable bonds is 3. The van der Waals surface area contributed by atoms with E-state index in [1.165, 1.54) is 6.07 Å². The number of methoxy groups -OCH3 is 1. The Morgan fingerprint density at radius 3 is 3.06 bits per heavy atom. The Kier molecular flexibility index (Phi) is 4.34. The van der Waals surface area contributed by atoms with Gasteiger partial charge >= 0.3 is 0 Å². The Balaban J connectivity index is 2.07. The first-order valence-corrected chi connectivity index (χ1v) is 6.05. The molecule has 1 N–H and O–H groups in total. The first-order chi connectivity index (χ1) is 8.29. The van der Waals surface area contributed by atoms with Gasteiger partial charge < -0.3 is 10.1 Å². The third-order valence-electron chi connectivity index (χ3n) is 3.07. The van der Waals surface area contributed by atoms with Crippen molar-refractivity contribution in [3.05, 3.63) is 29.6 Å². The molecule has 0 saturated carbocycles. The lowest BCUT2D eigenvalue weighted by atomic mass is 10.1. The van der Waals surface area contributed by atoms with Crippen LogP contribution in [-0.4, -0.2) is 38.2 Å². The number of hydrogen-bond donors (Lipinski definition) is 1. The van der Waals surface area contributed by atoms with Crippen molar-refractivity contribution in [3.8, 4) is 5.75 Å². The minimum Gasteiger partial charge on any atom is -0.496 e. The summed E-state index contributed by atoms with van der Waals surface area (Å²) in [6, 6.07) is 4.70. The van der Waals surface area contributed by atoms with E-state index in [0.29, 0.717) is 0 Å². The Hall–Kier alpha value is -1.13. The molecule has 0 spiro atoms. The lowest BCUT2D eigenvalue weighted by Crippen LogP contribution is -2.27. The number of nitrogens with one attached hydrogen (secondary N) is 1. The minimum atomic E-state index is -0.200. The third kappa shape index (κ3) is 3.41. The van der Waals surface area contributed by atoms with E-state index in [2.05, 4.69) is 10.2 Å². The van der Waals surface area contributed by atoms with E-state index in [1.807, 2.05) is 0 Å².